The number of aromatic amines is 1. The standard InChI is InChI=1S/C28H33F4N7O2/c1-6-38(7-2)27-34-11-18(12-35-27)19-8-23(24(10-22(19)29)39-14-16(3)37(5)17(4)15-39)36-26(41)20-13-33-25(40)9-21(20)28(30,31)32/h8-13,16-17H,6-7,14-15H2,1-5H3,(H,33,40)(H,36,41)/t16-,17+. The van der Waals surface area contributed by atoms with Crippen LogP contribution in [0.4, 0.5) is 34.9 Å². The monoisotopic (exact) mass is 575 g/mol. The Bertz CT molecular complexity index is 1440. The fourth-order valence-corrected chi connectivity index (χ4v) is 4.96. The van der Waals surface area contributed by atoms with Crippen LogP contribution in [0.3, 0.4) is 0 Å². The summed E-state index contributed by atoms with van der Waals surface area (Å²) in [6, 6.07) is 3.16. The van der Waals surface area contributed by atoms with Gasteiger partial charge in [0.2, 0.25) is 11.5 Å². The van der Waals surface area contributed by atoms with Gasteiger partial charge in [0, 0.05) is 74.0 Å². The highest BCUT2D eigenvalue weighted by atomic mass is 19.4. The van der Waals surface area contributed by atoms with Gasteiger partial charge in [0.1, 0.15) is 5.82 Å². The number of nitrogens with zero attached hydrogens (tertiary/aromatic N) is 5. The SMILES string of the molecule is CCN(CC)c1ncc(-c2cc(NC(=O)c3c[nH]c(=O)cc3C(F)(F)F)c(N3C[C@@H](C)N(C)[C@@H](C)C3)cc2F)cn1. The number of hydrogen-bond donors (Lipinski definition) is 2. The van der Waals surface area contributed by atoms with E-state index in [1.807, 2.05) is 44.5 Å². The first-order valence-corrected chi connectivity index (χ1v) is 13.3. The highest BCUT2D eigenvalue weighted by molar-refractivity contribution is 6.07. The van der Waals surface area contributed by atoms with Gasteiger partial charge in [-0.2, -0.15) is 13.2 Å². The molecule has 41 heavy (non-hydrogen) atoms. The maximum atomic E-state index is 15.7. The molecule has 220 valence electrons. The number of nitrogens with one attached hydrogen (secondary N) is 2. The third-order valence-corrected chi connectivity index (χ3v) is 7.50. The molecule has 0 bridgehead atoms. The summed E-state index contributed by atoms with van der Waals surface area (Å²) in [7, 11) is 1.98. The first-order chi connectivity index (χ1) is 19.3. The van der Waals surface area contributed by atoms with E-state index in [9.17, 15) is 22.8 Å². The van der Waals surface area contributed by atoms with Crippen molar-refractivity contribution in [3.63, 3.8) is 0 Å². The lowest BCUT2D eigenvalue weighted by Gasteiger charge is -2.44. The minimum Gasteiger partial charge on any atom is -0.367 e. The predicted molar refractivity (Wildman–Crippen MR) is 150 cm³/mol. The Labute approximate surface area is 235 Å². The van der Waals surface area contributed by atoms with Crippen molar-refractivity contribution in [3.05, 3.63) is 64.1 Å². The molecule has 0 aliphatic carbocycles. The number of carbonyl (C=O) groups excluding carboxylic acids is 1. The van der Waals surface area contributed by atoms with E-state index < -0.39 is 34.6 Å². The summed E-state index contributed by atoms with van der Waals surface area (Å²) in [6.07, 6.45) is -1.28. The molecule has 1 fully saturated rings. The van der Waals surface area contributed by atoms with Crippen LogP contribution in [0.5, 0.6) is 0 Å². The molecule has 0 unspecified atom stereocenters. The lowest BCUT2D eigenvalue weighted by molar-refractivity contribution is -0.138. The quantitative estimate of drug-likeness (QED) is 0.397. The molecule has 1 saturated heterocycles. The van der Waals surface area contributed by atoms with Gasteiger partial charge in [0.25, 0.3) is 5.91 Å². The van der Waals surface area contributed by atoms with E-state index in [1.54, 1.807) is 0 Å². The van der Waals surface area contributed by atoms with Crippen molar-refractivity contribution < 1.29 is 22.4 Å². The number of alkyl halides is 3. The summed E-state index contributed by atoms with van der Waals surface area (Å²) in [6.45, 7) is 10.3. The zero-order valence-corrected chi connectivity index (χ0v) is 23.5. The lowest BCUT2D eigenvalue weighted by atomic mass is 10.0. The maximum Gasteiger partial charge on any atom is 0.417 e. The smallest absolute Gasteiger partial charge is 0.367 e. The van der Waals surface area contributed by atoms with Crippen LogP contribution in [0.15, 0.2) is 41.6 Å². The van der Waals surface area contributed by atoms with Gasteiger partial charge in [-0.05, 0) is 46.9 Å². The van der Waals surface area contributed by atoms with Crippen molar-refractivity contribution in [2.75, 3.05) is 48.3 Å². The number of piperazine rings is 1. The highest BCUT2D eigenvalue weighted by Crippen LogP contribution is 2.37. The van der Waals surface area contributed by atoms with E-state index in [-0.39, 0.29) is 23.3 Å². The number of amides is 1. The van der Waals surface area contributed by atoms with Gasteiger partial charge in [-0.3, -0.25) is 14.5 Å². The Morgan fingerprint density at radius 1 is 1.10 bits per heavy atom. The van der Waals surface area contributed by atoms with E-state index in [0.717, 1.165) is 6.20 Å². The molecule has 2 N–H and O–H groups in total. The molecule has 3 aromatic rings. The number of anilines is 3. The van der Waals surface area contributed by atoms with Crippen LogP contribution < -0.4 is 20.7 Å². The largest absolute Gasteiger partial charge is 0.417 e. The van der Waals surface area contributed by atoms with Crippen LogP contribution in [0.1, 0.15) is 43.6 Å². The van der Waals surface area contributed by atoms with E-state index >= 15 is 4.39 Å². The Morgan fingerprint density at radius 2 is 1.71 bits per heavy atom. The van der Waals surface area contributed by atoms with Crippen LogP contribution in [-0.2, 0) is 6.18 Å². The van der Waals surface area contributed by atoms with Crippen LogP contribution in [-0.4, -0.2) is 71.1 Å². The van der Waals surface area contributed by atoms with Gasteiger partial charge >= 0.3 is 6.18 Å². The minimum atomic E-state index is -4.94. The summed E-state index contributed by atoms with van der Waals surface area (Å²) in [4.78, 5) is 41.7. The Morgan fingerprint density at radius 3 is 2.27 bits per heavy atom. The van der Waals surface area contributed by atoms with Gasteiger partial charge in [-0.1, -0.05) is 0 Å². The van der Waals surface area contributed by atoms with Gasteiger partial charge < -0.3 is 20.1 Å². The molecular weight excluding hydrogens is 542 g/mol. The van der Waals surface area contributed by atoms with Crippen LogP contribution in [0, 0.1) is 5.82 Å². The molecule has 1 aliphatic heterocycles. The molecule has 2 aromatic heterocycles. The third kappa shape index (κ3) is 6.34. The number of aromatic nitrogens is 3. The van der Waals surface area contributed by atoms with Crippen molar-refractivity contribution in [1.29, 1.82) is 0 Å². The van der Waals surface area contributed by atoms with Crippen LogP contribution in [0.2, 0.25) is 0 Å². The van der Waals surface area contributed by atoms with E-state index in [4.69, 9.17) is 0 Å². The summed E-state index contributed by atoms with van der Waals surface area (Å²) in [5.41, 5.74) is -2.28. The van der Waals surface area contributed by atoms with Gasteiger partial charge in [0.05, 0.1) is 22.5 Å². The fourth-order valence-electron chi connectivity index (χ4n) is 4.96. The van der Waals surface area contributed by atoms with Crippen molar-refractivity contribution in [1.82, 2.24) is 19.9 Å². The number of H-pyrrole nitrogens is 1. The minimum absolute atomic E-state index is 0.0721. The van der Waals surface area contributed by atoms with Crippen molar-refractivity contribution >= 4 is 23.2 Å². The maximum absolute atomic E-state index is 15.7. The lowest BCUT2D eigenvalue weighted by Crippen LogP contribution is -2.55. The summed E-state index contributed by atoms with van der Waals surface area (Å²) < 4.78 is 56.7. The molecular formula is C28H33F4N7O2. The van der Waals surface area contributed by atoms with E-state index in [1.165, 1.54) is 24.5 Å². The second-order valence-corrected chi connectivity index (χ2v) is 10.1. The van der Waals surface area contributed by atoms with E-state index in [2.05, 4.69) is 25.2 Å². The summed E-state index contributed by atoms with van der Waals surface area (Å²) >= 11 is 0. The average molecular weight is 576 g/mol. The zero-order valence-electron chi connectivity index (χ0n) is 23.5. The van der Waals surface area contributed by atoms with Gasteiger partial charge in [0.15, 0.2) is 0 Å². The van der Waals surface area contributed by atoms with Gasteiger partial charge in [-0.15, -0.1) is 0 Å². The Hall–Kier alpha value is -4.00. The second-order valence-electron chi connectivity index (χ2n) is 10.1. The Kier molecular flexibility index (Phi) is 8.66. The van der Waals surface area contributed by atoms with Crippen molar-refractivity contribution in [3.8, 4) is 11.1 Å². The predicted octanol–water partition coefficient (Wildman–Crippen LogP) is 4.62. The third-order valence-electron chi connectivity index (χ3n) is 7.50. The first-order valence-electron chi connectivity index (χ1n) is 13.3. The number of hydrogen-bond acceptors (Lipinski definition) is 7. The highest BCUT2D eigenvalue weighted by Gasteiger charge is 2.36. The number of benzene rings is 1. The normalized spacial score (nSPS) is 17.9. The number of halogens is 4. The van der Waals surface area contributed by atoms with Crippen molar-refractivity contribution in [2.24, 2.45) is 0 Å². The molecule has 0 spiro atoms. The van der Waals surface area contributed by atoms with Gasteiger partial charge in [-0.25, -0.2) is 14.4 Å². The molecule has 0 saturated carbocycles. The summed E-state index contributed by atoms with van der Waals surface area (Å²) in [5, 5.41) is 2.55. The molecule has 0 radical (unpaired) electrons. The fraction of sp³-hybridized carbons (Fsp3) is 0.429. The average Bonchev–Trinajstić information content (AvgIpc) is 2.92. The van der Waals surface area contributed by atoms with Crippen molar-refractivity contribution in [2.45, 2.75) is 46.0 Å². The molecule has 2 atom stereocenters. The molecule has 4 rings (SSSR count). The number of rotatable bonds is 7. The molecule has 13 heteroatoms. The molecule has 1 aromatic carbocycles. The second kappa shape index (κ2) is 11.9. The number of pyridine rings is 1. The molecule has 1 aliphatic rings. The number of likely N-dealkylation sites (N-methyl/N-ethyl adjacent to an activating group) is 1. The molecule has 3 heterocycles. The topological polar surface area (TPSA) is 97.5 Å². The summed E-state index contributed by atoms with van der Waals surface area (Å²) in [5.74, 6) is -1.23. The van der Waals surface area contributed by atoms with Crippen LogP contribution >= 0.6 is 0 Å². The van der Waals surface area contributed by atoms with Crippen LogP contribution in [0.25, 0.3) is 11.1 Å². The first kappa shape index (κ1) is 30.0. The molecule has 1 amide bonds. The molecule has 9 nitrogen and oxygen atoms in total. The van der Waals surface area contributed by atoms with E-state index in [0.29, 0.717) is 49.4 Å². The Balaban J connectivity index is 1.80. The zero-order chi connectivity index (χ0) is 30.1. The number of carbonyl (C=O) groups is 1.